The van der Waals surface area contributed by atoms with Gasteiger partial charge >= 0.3 is 0 Å². The number of guanidine groups is 1. The van der Waals surface area contributed by atoms with Gasteiger partial charge in [-0.2, -0.15) is 0 Å². The van der Waals surface area contributed by atoms with Crippen LogP contribution in [-0.4, -0.2) is 56.9 Å². The highest BCUT2D eigenvalue weighted by molar-refractivity contribution is 7.99. The van der Waals surface area contributed by atoms with Crippen molar-refractivity contribution >= 4 is 17.7 Å². The van der Waals surface area contributed by atoms with Crippen molar-refractivity contribution in [2.24, 2.45) is 4.99 Å². The van der Waals surface area contributed by atoms with Crippen LogP contribution in [0.4, 0.5) is 0 Å². The van der Waals surface area contributed by atoms with Crippen LogP contribution >= 0.6 is 11.8 Å². The van der Waals surface area contributed by atoms with E-state index in [2.05, 4.69) is 65.8 Å². The van der Waals surface area contributed by atoms with Crippen molar-refractivity contribution < 1.29 is 0 Å². The molecule has 0 radical (unpaired) electrons. The molecule has 1 aromatic carbocycles. The van der Waals surface area contributed by atoms with E-state index in [4.69, 9.17) is 0 Å². The number of hydrogen-bond acceptors (Lipinski definition) is 3. The molecule has 2 N–H and O–H groups in total. The van der Waals surface area contributed by atoms with E-state index in [1.54, 1.807) is 0 Å². The van der Waals surface area contributed by atoms with Crippen molar-refractivity contribution in [2.45, 2.75) is 18.2 Å². The molecule has 0 bridgehead atoms. The summed E-state index contributed by atoms with van der Waals surface area (Å²) in [6.45, 7) is 5.84. The Kier molecular flexibility index (Phi) is 9.74. The smallest absolute Gasteiger partial charge is 0.191 e. The molecule has 1 rings (SSSR count). The second-order valence-electron chi connectivity index (χ2n) is 5.01. The molecule has 4 nitrogen and oxygen atoms in total. The minimum absolute atomic E-state index is 0.860. The van der Waals surface area contributed by atoms with Crippen molar-refractivity contribution in [2.75, 3.05) is 46.0 Å². The molecule has 1 aromatic rings. The minimum Gasteiger partial charge on any atom is -0.357 e. The molecule has 5 heteroatoms. The van der Waals surface area contributed by atoms with Crippen molar-refractivity contribution in [3.8, 4) is 0 Å². The molecule has 0 aliphatic rings. The average Bonchev–Trinajstić information content (AvgIpc) is 2.48. The molecule has 0 spiro atoms. The number of thioether (sulfide) groups is 1. The van der Waals surface area contributed by atoms with Crippen LogP contribution in [0.2, 0.25) is 0 Å². The fourth-order valence-corrected chi connectivity index (χ4v) is 2.56. The fourth-order valence-electron chi connectivity index (χ4n) is 1.77. The van der Waals surface area contributed by atoms with Gasteiger partial charge in [-0.05, 0) is 46.1 Å². The topological polar surface area (TPSA) is 39.7 Å². The van der Waals surface area contributed by atoms with Gasteiger partial charge in [0, 0.05) is 30.3 Å². The molecular weight excluding hydrogens is 280 g/mol. The lowest BCUT2D eigenvalue weighted by atomic mass is 10.4. The molecular formula is C16H28N4S. The molecule has 0 aromatic heterocycles. The lowest BCUT2D eigenvalue weighted by Gasteiger charge is -2.12. The largest absolute Gasteiger partial charge is 0.357 e. The quantitative estimate of drug-likeness (QED) is 0.318. The zero-order chi connectivity index (χ0) is 15.3. The number of hydrogen-bond donors (Lipinski definition) is 2. The lowest BCUT2D eigenvalue weighted by molar-refractivity contribution is 0.403. The molecule has 0 heterocycles. The monoisotopic (exact) mass is 308 g/mol. The molecule has 0 aliphatic carbocycles. The third kappa shape index (κ3) is 9.37. The summed E-state index contributed by atoms with van der Waals surface area (Å²) in [7, 11) is 4.18. The van der Waals surface area contributed by atoms with Gasteiger partial charge in [0.25, 0.3) is 0 Å². The molecule has 0 saturated heterocycles. The van der Waals surface area contributed by atoms with E-state index >= 15 is 0 Å². The summed E-state index contributed by atoms with van der Waals surface area (Å²) in [6.07, 6.45) is 1.09. The number of nitrogens with one attached hydrogen (secondary N) is 2. The van der Waals surface area contributed by atoms with Crippen LogP contribution in [0, 0.1) is 0 Å². The van der Waals surface area contributed by atoms with Crippen molar-refractivity contribution in [1.29, 1.82) is 0 Å². The number of aliphatic imine (C=N–C) groups is 1. The molecule has 0 amide bonds. The second-order valence-corrected chi connectivity index (χ2v) is 6.17. The summed E-state index contributed by atoms with van der Waals surface area (Å²) >= 11 is 1.86. The van der Waals surface area contributed by atoms with Gasteiger partial charge in [-0.25, -0.2) is 0 Å². The van der Waals surface area contributed by atoms with Crippen LogP contribution in [0.1, 0.15) is 13.3 Å². The Balaban J connectivity index is 2.22. The van der Waals surface area contributed by atoms with E-state index in [-0.39, 0.29) is 0 Å². The Bertz CT molecular complexity index is 393. The van der Waals surface area contributed by atoms with Crippen LogP contribution in [0.15, 0.2) is 40.2 Å². The fraction of sp³-hybridized carbons (Fsp3) is 0.562. The Morgan fingerprint density at radius 3 is 2.62 bits per heavy atom. The molecule has 0 saturated carbocycles. The molecule has 0 unspecified atom stereocenters. The summed E-state index contributed by atoms with van der Waals surface area (Å²) < 4.78 is 0. The van der Waals surface area contributed by atoms with E-state index in [9.17, 15) is 0 Å². The summed E-state index contributed by atoms with van der Waals surface area (Å²) in [5.41, 5.74) is 0. The van der Waals surface area contributed by atoms with Crippen molar-refractivity contribution in [3.05, 3.63) is 30.3 Å². The summed E-state index contributed by atoms with van der Waals surface area (Å²) in [5, 5.41) is 6.67. The molecule has 0 fully saturated rings. The zero-order valence-electron chi connectivity index (χ0n) is 13.4. The van der Waals surface area contributed by atoms with Crippen LogP contribution in [0.25, 0.3) is 0 Å². The standard InChI is InChI=1S/C16H28N4S/c1-4-17-16(18-11-8-13-20(2)3)19-12-14-21-15-9-6-5-7-10-15/h5-7,9-10H,4,8,11-14H2,1-3H3,(H2,17,18,19). The third-order valence-electron chi connectivity index (χ3n) is 2.78. The maximum atomic E-state index is 4.59. The van der Waals surface area contributed by atoms with E-state index < -0.39 is 0 Å². The van der Waals surface area contributed by atoms with Crippen LogP contribution in [0.5, 0.6) is 0 Å². The summed E-state index contributed by atoms with van der Waals surface area (Å²) in [5.74, 6) is 1.96. The molecule has 21 heavy (non-hydrogen) atoms. The first kappa shape index (κ1) is 17.9. The van der Waals surface area contributed by atoms with E-state index in [0.29, 0.717) is 0 Å². The first-order valence-electron chi connectivity index (χ1n) is 7.57. The van der Waals surface area contributed by atoms with E-state index in [0.717, 1.165) is 44.3 Å². The van der Waals surface area contributed by atoms with Crippen molar-refractivity contribution in [1.82, 2.24) is 15.5 Å². The average molecular weight is 308 g/mol. The van der Waals surface area contributed by atoms with Gasteiger partial charge in [0.1, 0.15) is 0 Å². The van der Waals surface area contributed by atoms with Gasteiger partial charge in [0.15, 0.2) is 5.96 Å². The second kappa shape index (κ2) is 11.5. The molecule has 0 aliphatic heterocycles. The lowest BCUT2D eigenvalue weighted by Crippen LogP contribution is -2.38. The van der Waals surface area contributed by atoms with Crippen LogP contribution in [0.3, 0.4) is 0 Å². The predicted molar refractivity (Wildman–Crippen MR) is 94.3 cm³/mol. The number of nitrogens with zero attached hydrogens (tertiary/aromatic N) is 2. The van der Waals surface area contributed by atoms with E-state index in [1.165, 1.54) is 4.90 Å². The highest BCUT2D eigenvalue weighted by Crippen LogP contribution is 2.15. The maximum Gasteiger partial charge on any atom is 0.191 e. The zero-order valence-corrected chi connectivity index (χ0v) is 14.2. The number of rotatable bonds is 9. The van der Waals surface area contributed by atoms with Gasteiger partial charge in [-0.15, -0.1) is 11.8 Å². The van der Waals surface area contributed by atoms with Gasteiger partial charge < -0.3 is 15.5 Å². The molecule has 0 atom stereocenters. The van der Waals surface area contributed by atoms with Gasteiger partial charge in [0.05, 0.1) is 0 Å². The highest BCUT2D eigenvalue weighted by atomic mass is 32.2. The maximum absolute atomic E-state index is 4.59. The highest BCUT2D eigenvalue weighted by Gasteiger charge is 1.97. The molecule has 118 valence electrons. The Hall–Kier alpha value is -1.20. The first-order chi connectivity index (χ1) is 10.2. The van der Waals surface area contributed by atoms with E-state index in [1.807, 2.05) is 17.8 Å². The first-order valence-corrected chi connectivity index (χ1v) is 8.55. The Morgan fingerprint density at radius 2 is 1.95 bits per heavy atom. The predicted octanol–water partition coefficient (Wildman–Crippen LogP) is 2.29. The van der Waals surface area contributed by atoms with Crippen molar-refractivity contribution in [3.63, 3.8) is 0 Å². The SMILES string of the molecule is CCNC(=NCCCN(C)C)NCCSc1ccccc1. The number of benzene rings is 1. The Morgan fingerprint density at radius 1 is 1.19 bits per heavy atom. The Labute approximate surface area is 133 Å². The normalized spacial score (nSPS) is 11.7. The third-order valence-corrected chi connectivity index (χ3v) is 3.80. The van der Waals surface area contributed by atoms with Crippen LogP contribution in [-0.2, 0) is 0 Å². The van der Waals surface area contributed by atoms with Gasteiger partial charge in [-0.1, -0.05) is 18.2 Å². The summed E-state index contributed by atoms with van der Waals surface area (Å²) in [4.78, 5) is 8.09. The van der Waals surface area contributed by atoms with Gasteiger partial charge in [0.2, 0.25) is 0 Å². The summed E-state index contributed by atoms with van der Waals surface area (Å²) in [6, 6.07) is 10.5. The van der Waals surface area contributed by atoms with Gasteiger partial charge in [-0.3, -0.25) is 4.99 Å². The van der Waals surface area contributed by atoms with Crippen LogP contribution < -0.4 is 10.6 Å². The minimum atomic E-state index is 0.860.